The summed E-state index contributed by atoms with van der Waals surface area (Å²) in [4.78, 5) is 17.3. The van der Waals surface area contributed by atoms with Crippen LogP contribution in [-0.2, 0) is 16.6 Å². The topological polar surface area (TPSA) is 114 Å². The summed E-state index contributed by atoms with van der Waals surface area (Å²) in [5.41, 5.74) is 6.71. The van der Waals surface area contributed by atoms with Gasteiger partial charge in [0.15, 0.2) is 0 Å². The third-order valence-corrected chi connectivity index (χ3v) is 7.95. The number of pyridine rings is 1. The minimum atomic E-state index is -3.57. The first-order valence-corrected chi connectivity index (χ1v) is 12.2. The van der Waals surface area contributed by atoms with E-state index in [9.17, 15) is 13.2 Å². The van der Waals surface area contributed by atoms with Crippen molar-refractivity contribution in [2.45, 2.75) is 49.2 Å². The molecule has 1 saturated carbocycles. The number of carbonyl (C=O) groups excluding carboxylic acids is 1. The highest BCUT2D eigenvalue weighted by Crippen LogP contribution is 2.24. The quantitative estimate of drug-likeness (QED) is 0.541. The average Bonchev–Trinajstić information content (AvgIpc) is 3.18. The Morgan fingerprint density at radius 2 is 1.87 bits per heavy atom. The Bertz CT molecular complexity index is 1100. The zero-order valence-electron chi connectivity index (χ0n) is 16.4. The summed E-state index contributed by atoms with van der Waals surface area (Å²) >= 11 is 1.39. The number of sulfonamides is 1. The fourth-order valence-corrected chi connectivity index (χ4v) is 5.83. The maximum Gasteiger partial charge on any atom is 0.261 e. The van der Waals surface area contributed by atoms with Crippen LogP contribution in [0.15, 0.2) is 53.7 Å². The van der Waals surface area contributed by atoms with Gasteiger partial charge in [-0.25, -0.2) is 13.1 Å². The zero-order valence-corrected chi connectivity index (χ0v) is 18.0. The molecule has 3 aromatic rings. The van der Waals surface area contributed by atoms with Gasteiger partial charge >= 0.3 is 0 Å². The first-order valence-electron chi connectivity index (χ1n) is 9.89. The Balaban J connectivity index is 1.35. The number of nitrogens with one attached hydrogen (secondary N) is 2. The van der Waals surface area contributed by atoms with Crippen molar-refractivity contribution in [3.63, 3.8) is 0 Å². The second-order valence-electron chi connectivity index (χ2n) is 7.58. The predicted molar refractivity (Wildman–Crippen MR) is 118 cm³/mol. The molecule has 30 heavy (non-hydrogen) atoms. The van der Waals surface area contributed by atoms with Gasteiger partial charge < -0.3 is 11.1 Å². The van der Waals surface area contributed by atoms with Crippen LogP contribution in [0, 0.1) is 0 Å². The number of aromatic nitrogens is 1. The summed E-state index contributed by atoms with van der Waals surface area (Å²) in [5, 5.41) is 3.87. The van der Waals surface area contributed by atoms with Crippen molar-refractivity contribution >= 4 is 37.4 Å². The van der Waals surface area contributed by atoms with E-state index in [1.807, 2.05) is 12.1 Å². The standard InChI is InChI=1S/C21H24N4O3S2/c22-16-3-5-17(6-4-16)25-30(27,28)18-7-1-14(2-8-18)12-24-21(26)19-11-15-9-10-23-13-20(15)29-19/h1-2,7-11,13,16-17,25H,3-6,12,22H2,(H,24,26)/t16-,17-. The van der Waals surface area contributed by atoms with Crippen molar-refractivity contribution < 1.29 is 13.2 Å². The molecule has 4 rings (SSSR count). The third kappa shape index (κ3) is 4.86. The van der Waals surface area contributed by atoms with Gasteiger partial charge in [0.05, 0.1) is 14.5 Å². The molecule has 4 N–H and O–H groups in total. The van der Waals surface area contributed by atoms with Crippen molar-refractivity contribution in [1.82, 2.24) is 15.0 Å². The number of amides is 1. The summed E-state index contributed by atoms with van der Waals surface area (Å²) in [6, 6.07) is 10.4. The normalized spacial score (nSPS) is 19.6. The minimum absolute atomic E-state index is 0.0646. The first kappa shape index (κ1) is 20.9. The van der Waals surface area contributed by atoms with Crippen molar-refractivity contribution in [3.05, 3.63) is 59.2 Å². The van der Waals surface area contributed by atoms with E-state index in [0.29, 0.717) is 11.4 Å². The Morgan fingerprint density at radius 3 is 2.57 bits per heavy atom. The molecule has 1 aromatic carbocycles. The number of nitrogens with zero attached hydrogens (tertiary/aromatic N) is 1. The van der Waals surface area contributed by atoms with Gasteiger partial charge in [-0.15, -0.1) is 11.3 Å². The van der Waals surface area contributed by atoms with Gasteiger partial charge in [-0.05, 0) is 60.9 Å². The molecule has 2 heterocycles. The van der Waals surface area contributed by atoms with Crippen LogP contribution >= 0.6 is 11.3 Å². The van der Waals surface area contributed by atoms with Crippen LogP contribution in [0.1, 0.15) is 40.9 Å². The first-order chi connectivity index (χ1) is 14.4. The highest BCUT2D eigenvalue weighted by atomic mass is 32.2. The molecule has 7 nitrogen and oxygen atoms in total. The summed E-state index contributed by atoms with van der Waals surface area (Å²) in [6.07, 6.45) is 6.64. The number of hydrogen-bond acceptors (Lipinski definition) is 6. The van der Waals surface area contributed by atoms with Crippen LogP contribution < -0.4 is 15.8 Å². The number of carbonyl (C=O) groups is 1. The van der Waals surface area contributed by atoms with Gasteiger partial charge in [-0.3, -0.25) is 9.78 Å². The molecule has 0 bridgehead atoms. The number of fused-ring (bicyclic) bond motifs is 1. The molecule has 0 aliphatic heterocycles. The lowest BCUT2D eigenvalue weighted by molar-refractivity contribution is 0.0955. The van der Waals surface area contributed by atoms with E-state index in [0.717, 1.165) is 41.3 Å². The summed E-state index contributed by atoms with van der Waals surface area (Å²) < 4.78 is 29.0. The lowest BCUT2D eigenvalue weighted by Gasteiger charge is -2.26. The fraction of sp³-hybridized carbons (Fsp3) is 0.333. The van der Waals surface area contributed by atoms with Crippen LogP contribution in [0.4, 0.5) is 0 Å². The van der Waals surface area contributed by atoms with Crippen LogP contribution in [-0.4, -0.2) is 31.4 Å². The maximum atomic E-state index is 12.6. The minimum Gasteiger partial charge on any atom is -0.347 e. The van der Waals surface area contributed by atoms with Crippen molar-refractivity contribution in [2.75, 3.05) is 0 Å². The van der Waals surface area contributed by atoms with Crippen molar-refractivity contribution in [3.8, 4) is 0 Å². The van der Waals surface area contributed by atoms with Crippen molar-refractivity contribution in [1.29, 1.82) is 0 Å². The molecule has 1 aliphatic carbocycles. The third-order valence-electron chi connectivity index (χ3n) is 5.33. The Labute approximate surface area is 179 Å². The van der Waals surface area contributed by atoms with E-state index in [1.54, 1.807) is 36.7 Å². The SMILES string of the molecule is N[C@H]1CC[C@H](NS(=O)(=O)c2ccc(CNC(=O)c3cc4ccncc4s3)cc2)CC1. The average molecular weight is 445 g/mol. The van der Waals surface area contributed by atoms with E-state index in [4.69, 9.17) is 5.73 Å². The molecule has 9 heteroatoms. The lowest BCUT2D eigenvalue weighted by atomic mass is 9.93. The fourth-order valence-electron chi connectivity index (χ4n) is 3.58. The highest BCUT2D eigenvalue weighted by molar-refractivity contribution is 7.89. The molecule has 0 unspecified atom stereocenters. The van der Waals surface area contributed by atoms with Crippen molar-refractivity contribution in [2.24, 2.45) is 5.73 Å². The van der Waals surface area contributed by atoms with E-state index >= 15 is 0 Å². The van der Waals surface area contributed by atoms with Gasteiger partial charge in [0.25, 0.3) is 5.91 Å². The lowest BCUT2D eigenvalue weighted by Crippen LogP contribution is -2.40. The smallest absolute Gasteiger partial charge is 0.261 e. The molecule has 0 radical (unpaired) electrons. The molecule has 0 atom stereocenters. The van der Waals surface area contributed by atoms with E-state index in [1.165, 1.54) is 11.3 Å². The predicted octanol–water partition coefficient (Wildman–Crippen LogP) is 2.77. The molecule has 2 aromatic heterocycles. The van der Waals surface area contributed by atoms with E-state index < -0.39 is 10.0 Å². The van der Waals surface area contributed by atoms with E-state index in [2.05, 4.69) is 15.0 Å². The Morgan fingerprint density at radius 1 is 1.13 bits per heavy atom. The van der Waals surface area contributed by atoms with Gasteiger partial charge in [0, 0.05) is 31.0 Å². The Hall–Kier alpha value is -2.33. The van der Waals surface area contributed by atoms with E-state index in [-0.39, 0.29) is 22.9 Å². The van der Waals surface area contributed by atoms with Gasteiger partial charge in [0.1, 0.15) is 0 Å². The van der Waals surface area contributed by atoms with Crippen LogP contribution in [0.25, 0.3) is 10.1 Å². The molecule has 158 valence electrons. The van der Waals surface area contributed by atoms with Crippen LogP contribution in [0.5, 0.6) is 0 Å². The molecule has 1 fully saturated rings. The number of thiophene rings is 1. The molecular formula is C21H24N4O3S2. The Kier molecular flexibility index (Phi) is 6.14. The molecular weight excluding hydrogens is 420 g/mol. The number of benzene rings is 1. The number of hydrogen-bond donors (Lipinski definition) is 3. The summed E-state index contributed by atoms with van der Waals surface area (Å²) in [7, 11) is -3.57. The second-order valence-corrected chi connectivity index (χ2v) is 10.4. The monoisotopic (exact) mass is 444 g/mol. The zero-order chi connectivity index (χ0) is 21.1. The highest BCUT2D eigenvalue weighted by Gasteiger charge is 2.24. The molecule has 1 aliphatic rings. The number of rotatable bonds is 6. The van der Waals surface area contributed by atoms with Gasteiger partial charge in [-0.2, -0.15) is 0 Å². The largest absolute Gasteiger partial charge is 0.347 e. The summed E-state index contributed by atoms with van der Waals surface area (Å²) in [6.45, 7) is 0.319. The molecule has 0 saturated heterocycles. The van der Waals surface area contributed by atoms with Gasteiger partial charge in [-0.1, -0.05) is 12.1 Å². The molecule has 0 spiro atoms. The van der Waals surface area contributed by atoms with Crippen LogP contribution in [0.3, 0.4) is 0 Å². The molecule has 1 amide bonds. The maximum absolute atomic E-state index is 12.6. The van der Waals surface area contributed by atoms with Crippen LogP contribution in [0.2, 0.25) is 0 Å². The number of nitrogens with two attached hydrogens (primary N) is 1. The van der Waals surface area contributed by atoms with Gasteiger partial charge in [0.2, 0.25) is 10.0 Å². The second kappa shape index (κ2) is 8.81. The summed E-state index contributed by atoms with van der Waals surface area (Å²) in [5.74, 6) is -0.162.